The summed E-state index contributed by atoms with van der Waals surface area (Å²) in [6.45, 7) is -0.0423. The molecule has 0 radical (unpaired) electrons. The first-order chi connectivity index (χ1) is 8.31. The molecule has 1 aromatic rings. The van der Waals surface area contributed by atoms with Crippen molar-refractivity contribution in [2.45, 2.75) is 51.2 Å². The molecule has 1 aromatic heterocycles. The molecular formula is C13H21N3O. The largest absolute Gasteiger partial charge is 0.390 e. The van der Waals surface area contributed by atoms with Crippen molar-refractivity contribution in [1.29, 1.82) is 0 Å². The van der Waals surface area contributed by atoms with Gasteiger partial charge >= 0.3 is 0 Å². The van der Waals surface area contributed by atoms with Gasteiger partial charge in [0.25, 0.3) is 0 Å². The molecule has 94 valence electrons. The van der Waals surface area contributed by atoms with E-state index in [1.54, 1.807) is 12.4 Å². The number of aliphatic hydroxyl groups excluding tert-OH is 1. The van der Waals surface area contributed by atoms with E-state index in [0.717, 1.165) is 5.82 Å². The van der Waals surface area contributed by atoms with Crippen LogP contribution in [0, 0.1) is 0 Å². The lowest BCUT2D eigenvalue weighted by Crippen LogP contribution is -2.32. The topological polar surface area (TPSA) is 49.2 Å². The van der Waals surface area contributed by atoms with Crippen LogP contribution in [-0.4, -0.2) is 28.2 Å². The zero-order valence-electron chi connectivity index (χ0n) is 10.5. The summed E-state index contributed by atoms with van der Waals surface area (Å²) in [5.74, 6) is 0.878. The number of hydrogen-bond acceptors (Lipinski definition) is 4. The normalized spacial score (nSPS) is 17.8. The minimum Gasteiger partial charge on any atom is -0.390 e. The van der Waals surface area contributed by atoms with Gasteiger partial charge in [0.05, 0.1) is 24.7 Å². The molecule has 0 aliphatic heterocycles. The van der Waals surface area contributed by atoms with Gasteiger partial charge in [-0.3, -0.25) is 4.98 Å². The third-order valence-electron chi connectivity index (χ3n) is 3.57. The Morgan fingerprint density at radius 2 is 1.94 bits per heavy atom. The summed E-state index contributed by atoms with van der Waals surface area (Å²) in [7, 11) is 2.08. The highest BCUT2D eigenvalue weighted by Gasteiger charge is 2.18. The average Bonchev–Trinajstić information content (AvgIpc) is 2.67. The molecule has 0 bridgehead atoms. The van der Waals surface area contributed by atoms with Gasteiger partial charge < -0.3 is 10.0 Å². The van der Waals surface area contributed by atoms with Gasteiger partial charge in [-0.25, -0.2) is 4.98 Å². The summed E-state index contributed by atoms with van der Waals surface area (Å²) in [4.78, 5) is 10.8. The summed E-state index contributed by atoms with van der Waals surface area (Å²) in [5.41, 5.74) is 0.642. The second-order valence-electron chi connectivity index (χ2n) is 4.78. The minimum atomic E-state index is -0.0423. The third kappa shape index (κ3) is 3.16. The van der Waals surface area contributed by atoms with Crippen LogP contribution in [0.4, 0.5) is 5.82 Å². The first-order valence-corrected chi connectivity index (χ1v) is 6.46. The van der Waals surface area contributed by atoms with Crippen LogP contribution in [0.15, 0.2) is 12.4 Å². The minimum absolute atomic E-state index is 0.0423. The fraction of sp³-hybridized carbons (Fsp3) is 0.692. The first-order valence-electron chi connectivity index (χ1n) is 6.46. The highest BCUT2D eigenvalue weighted by molar-refractivity contribution is 5.36. The lowest BCUT2D eigenvalue weighted by Gasteiger charge is -2.28. The molecule has 4 heteroatoms. The molecule has 1 fully saturated rings. The maximum Gasteiger partial charge on any atom is 0.147 e. The highest BCUT2D eigenvalue weighted by atomic mass is 16.3. The maximum atomic E-state index is 9.08. The van der Waals surface area contributed by atoms with Crippen LogP contribution in [0.5, 0.6) is 0 Å². The number of nitrogens with zero attached hydrogens (tertiary/aromatic N) is 3. The van der Waals surface area contributed by atoms with Gasteiger partial charge in [-0.15, -0.1) is 0 Å². The Morgan fingerprint density at radius 3 is 2.59 bits per heavy atom. The van der Waals surface area contributed by atoms with Crippen molar-refractivity contribution in [3.63, 3.8) is 0 Å². The van der Waals surface area contributed by atoms with Gasteiger partial charge in [-0.05, 0) is 12.8 Å². The molecule has 1 heterocycles. The van der Waals surface area contributed by atoms with Crippen molar-refractivity contribution in [3.05, 3.63) is 18.1 Å². The van der Waals surface area contributed by atoms with E-state index < -0.39 is 0 Å². The van der Waals surface area contributed by atoms with E-state index in [2.05, 4.69) is 21.9 Å². The van der Waals surface area contributed by atoms with Gasteiger partial charge in [0, 0.05) is 13.1 Å². The van der Waals surface area contributed by atoms with E-state index >= 15 is 0 Å². The fourth-order valence-corrected chi connectivity index (χ4v) is 2.47. The number of hydrogen-bond donors (Lipinski definition) is 1. The van der Waals surface area contributed by atoms with Crippen molar-refractivity contribution in [3.8, 4) is 0 Å². The summed E-state index contributed by atoms with van der Waals surface area (Å²) in [6.07, 6.45) is 11.2. The van der Waals surface area contributed by atoms with Crippen LogP contribution in [0.1, 0.15) is 44.2 Å². The molecule has 4 nitrogen and oxygen atoms in total. The van der Waals surface area contributed by atoms with Crippen molar-refractivity contribution in [2.75, 3.05) is 11.9 Å². The smallest absolute Gasteiger partial charge is 0.147 e. The highest BCUT2D eigenvalue weighted by Crippen LogP contribution is 2.23. The Morgan fingerprint density at radius 1 is 1.24 bits per heavy atom. The van der Waals surface area contributed by atoms with E-state index in [4.69, 9.17) is 5.11 Å². The molecule has 0 saturated heterocycles. The van der Waals surface area contributed by atoms with E-state index in [1.165, 1.54) is 38.5 Å². The molecule has 1 saturated carbocycles. The summed E-state index contributed by atoms with van der Waals surface area (Å²) in [6, 6.07) is 0.570. The predicted molar refractivity (Wildman–Crippen MR) is 67.8 cm³/mol. The second-order valence-corrected chi connectivity index (χ2v) is 4.78. The van der Waals surface area contributed by atoms with E-state index in [1.807, 2.05) is 0 Å². The van der Waals surface area contributed by atoms with Gasteiger partial charge in [0.2, 0.25) is 0 Å². The average molecular weight is 235 g/mol. The summed E-state index contributed by atoms with van der Waals surface area (Å²) >= 11 is 0. The van der Waals surface area contributed by atoms with Crippen molar-refractivity contribution >= 4 is 5.82 Å². The standard InChI is InChI=1S/C13H21N3O/c1-16(12-6-4-2-3-5-7-12)13-9-14-8-11(10-17)15-13/h8-9,12,17H,2-7,10H2,1H3. The Balaban J connectivity index is 2.08. The fourth-order valence-electron chi connectivity index (χ4n) is 2.47. The quantitative estimate of drug-likeness (QED) is 0.815. The zero-order valence-corrected chi connectivity index (χ0v) is 10.5. The summed E-state index contributed by atoms with van der Waals surface area (Å²) < 4.78 is 0. The van der Waals surface area contributed by atoms with Crippen molar-refractivity contribution in [1.82, 2.24) is 9.97 Å². The number of anilines is 1. The molecular weight excluding hydrogens is 214 g/mol. The predicted octanol–water partition coefficient (Wildman–Crippen LogP) is 2.13. The Kier molecular flexibility index (Phi) is 4.31. The molecule has 0 atom stereocenters. The van der Waals surface area contributed by atoms with Crippen molar-refractivity contribution < 1.29 is 5.11 Å². The number of aliphatic hydroxyl groups is 1. The van der Waals surface area contributed by atoms with E-state index in [-0.39, 0.29) is 6.61 Å². The maximum absolute atomic E-state index is 9.08. The molecule has 0 amide bonds. The monoisotopic (exact) mass is 235 g/mol. The number of aromatic nitrogens is 2. The van der Waals surface area contributed by atoms with E-state index in [9.17, 15) is 0 Å². The van der Waals surface area contributed by atoms with Crippen LogP contribution < -0.4 is 4.90 Å². The lowest BCUT2D eigenvalue weighted by molar-refractivity contribution is 0.276. The Bertz CT molecular complexity index is 348. The van der Waals surface area contributed by atoms with Gasteiger partial charge in [-0.1, -0.05) is 25.7 Å². The molecule has 17 heavy (non-hydrogen) atoms. The second kappa shape index (κ2) is 5.96. The third-order valence-corrected chi connectivity index (χ3v) is 3.57. The lowest BCUT2D eigenvalue weighted by atomic mass is 10.1. The van der Waals surface area contributed by atoms with Gasteiger partial charge in [0.15, 0.2) is 0 Å². The number of rotatable bonds is 3. The summed E-state index contributed by atoms with van der Waals surface area (Å²) in [5, 5.41) is 9.08. The van der Waals surface area contributed by atoms with Crippen LogP contribution in [-0.2, 0) is 6.61 Å². The molecule has 0 spiro atoms. The SMILES string of the molecule is CN(c1cncc(CO)n1)C1CCCCCC1. The van der Waals surface area contributed by atoms with Crippen LogP contribution >= 0.6 is 0 Å². The molecule has 0 aromatic carbocycles. The molecule has 0 unspecified atom stereocenters. The molecule has 1 N–H and O–H groups in total. The molecule has 2 rings (SSSR count). The molecule has 1 aliphatic rings. The Hall–Kier alpha value is -1.16. The van der Waals surface area contributed by atoms with Crippen LogP contribution in [0.3, 0.4) is 0 Å². The van der Waals surface area contributed by atoms with Gasteiger partial charge in [0.1, 0.15) is 5.82 Å². The van der Waals surface area contributed by atoms with Gasteiger partial charge in [-0.2, -0.15) is 0 Å². The first kappa shape index (κ1) is 12.3. The Labute approximate surface area is 103 Å². The van der Waals surface area contributed by atoms with Crippen molar-refractivity contribution in [2.24, 2.45) is 0 Å². The van der Waals surface area contributed by atoms with E-state index in [0.29, 0.717) is 11.7 Å². The zero-order chi connectivity index (χ0) is 12.1. The van der Waals surface area contributed by atoms with Crippen LogP contribution in [0.2, 0.25) is 0 Å². The van der Waals surface area contributed by atoms with Crippen LogP contribution in [0.25, 0.3) is 0 Å². The molecule has 1 aliphatic carbocycles.